The molecule has 106 valence electrons. The normalized spacial score (nSPS) is 16.8. The van der Waals surface area contributed by atoms with E-state index in [0.29, 0.717) is 12.3 Å². The number of aryl methyl sites for hydroxylation is 1. The summed E-state index contributed by atoms with van der Waals surface area (Å²) < 4.78 is 5.95. The van der Waals surface area contributed by atoms with E-state index in [0.717, 1.165) is 17.9 Å². The zero-order valence-corrected chi connectivity index (χ0v) is 12.1. The van der Waals surface area contributed by atoms with Gasteiger partial charge in [0.05, 0.1) is 19.1 Å². The van der Waals surface area contributed by atoms with Crippen molar-refractivity contribution in [2.75, 3.05) is 6.61 Å². The Morgan fingerprint density at radius 3 is 2.71 bits per heavy atom. The number of hydrogen-bond acceptors (Lipinski definition) is 2. The first-order valence-corrected chi connectivity index (χ1v) is 7.53. The van der Waals surface area contributed by atoms with Gasteiger partial charge in [0.2, 0.25) is 0 Å². The third kappa shape index (κ3) is 3.25. The quantitative estimate of drug-likeness (QED) is 0.837. The summed E-state index contributed by atoms with van der Waals surface area (Å²) >= 11 is 0. The van der Waals surface area contributed by atoms with Crippen LogP contribution in [-0.4, -0.2) is 6.61 Å². The molecule has 0 aliphatic heterocycles. The zero-order chi connectivity index (χ0) is 14.5. The van der Waals surface area contributed by atoms with Crippen molar-refractivity contribution in [1.82, 2.24) is 0 Å². The average Bonchev–Trinajstić information content (AvgIpc) is 2.54. The van der Waals surface area contributed by atoms with Crippen molar-refractivity contribution in [3.8, 4) is 11.8 Å². The second-order valence-corrected chi connectivity index (χ2v) is 5.58. The Morgan fingerprint density at radius 2 is 1.90 bits per heavy atom. The average molecular weight is 277 g/mol. The van der Waals surface area contributed by atoms with Crippen LogP contribution in [0.4, 0.5) is 0 Å². The van der Waals surface area contributed by atoms with Crippen molar-refractivity contribution in [2.24, 2.45) is 0 Å². The molecule has 1 unspecified atom stereocenters. The molecular weight excluding hydrogens is 258 g/mol. The van der Waals surface area contributed by atoms with Crippen LogP contribution < -0.4 is 4.74 Å². The Bertz CT molecular complexity index is 639. The molecule has 0 saturated heterocycles. The maximum atomic E-state index is 8.67. The van der Waals surface area contributed by atoms with E-state index < -0.39 is 0 Å². The van der Waals surface area contributed by atoms with E-state index >= 15 is 0 Å². The smallest absolute Gasteiger partial charge is 0.119 e. The molecule has 2 nitrogen and oxygen atoms in total. The summed E-state index contributed by atoms with van der Waals surface area (Å²) in [6.45, 7) is 0.731. The van der Waals surface area contributed by atoms with E-state index in [1.165, 1.54) is 30.4 Å². The number of ether oxygens (including phenoxy) is 1. The number of hydrogen-bond donors (Lipinski definition) is 0. The van der Waals surface area contributed by atoms with Crippen molar-refractivity contribution in [3.05, 3.63) is 65.2 Å². The van der Waals surface area contributed by atoms with Crippen LogP contribution in [0.2, 0.25) is 0 Å². The first-order chi connectivity index (χ1) is 10.4. The van der Waals surface area contributed by atoms with Gasteiger partial charge in [0.15, 0.2) is 0 Å². The van der Waals surface area contributed by atoms with E-state index in [2.05, 4.69) is 30.3 Å². The number of nitriles is 1. The summed E-state index contributed by atoms with van der Waals surface area (Å²) in [4.78, 5) is 0. The van der Waals surface area contributed by atoms with Gasteiger partial charge in [0.1, 0.15) is 5.75 Å². The molecule has 0 heterocycles. The van der Waals surface area contributed by atoms with E-state index in [-0.39, 0.29) is 0 Å². The Balaban J connectivity index is 1.64. The SMILES string of the molecule is N#CCc1ccc(OCC2CCCc3ccccc32)cc1. The van der Waals surface area contributed by atoms with Crippen LogP contribution in [0.3, 0.4) is 0 Å². The third-order valence-electron chi connectivity index (χ3n) is 4.15. The molecule has 0 spiro atoms. The molecule has 1 aliphatic rings. The second-order valence-electron chi connectivity index (χ2n) is 5.58. The fraction of sp³-hybridized carbons (Fsp3) is 0.316. The van der Waals surface area contributed by atoms with Gasteiger partial charge in [-0.25, -0.2) is 0 Å². The molecule has 0 saturated carbocycles. The predicted molar refractivity (Wildman–Crippen MR) is 83.4 cm³/mol. The van der Waals surface area contributed by atoms with Crippen LogP contribution in [0, 0.1) is 11.3 Å². The highest BCUT2D eigenvalue weighted by molar-refractivity contribution is 5.33. The molecule has 0 bridgehead atoms. The van der Waals surface area contributed by atoms with Gasteiger partial charge in [-0.1, -0.05) is 36.4 Å². The fourth-order valence-corrected chi connectivity index (χ4v) is 3.02. The second kappa shape index (κ2) is 6.45. The maximum Gasteiger partial charge on any atom is 0.119 e. The molecule has 1 aliphatic carbocycles. The molecule has 0 amide bonds. The Kier molecular flexibility index (Phi) is 4.21. The minimum atomic E-state index is 0.455. The number of benzene rings is 2. The maximum absolute atomic E-state index is 8.67. The van der Waals surface area contributed by atoms with Gasteiger partial charge in [-0.3, -0.25) is 0 Å². The summed E-state index contributed by atoms with van der Waals surface area (Å²) in [5.74, 6) is 1.38. The molecule has 3 rings (SSSR count). The van der Waals surface area contributed by atoms with Gasteiger partial charge in [-0.15, -0.1) is 0 Å². The van der Waals surface area contributed by atoms with Crippen LogP contribution in [-0.2, 0) is 12.8 Å². The summed E-state index contributed by atoms with van der Waals surface area (Å²) in [6, 6.07) is 18.7. The van der Waals surface area contributed by atoms with E-state index in [1.54, 1.807) is 0 Å². The Morgan fingerprint density at radius 1 is 1.10 bits per heavy atom. The van der Waals surface area contributed by atoms with Gasteiger partial charge >= 0.3 is 0 Å². The lowest BCUT2D eigenvalue weighted by molar-refractivity contribution is 0.274. The first kappa shape index (κ1) is 13.7. The summed E-state index contributed by atoms with van der Waals surface area (Å²) in [6.07, 6.45) is 4.08. The minimum absolute atomic E-state index is 0.455. The lowest BCUT2D eigenvalue weighted by Gasteiger charge is -2.25. The number of fused-ring (bicyclic) bond motifs is 1. The van der Waals surface area contributed by atoms with Crippen LogP contribution >= 0.6 is 0 Å². The molecule has 0 fully saturated rings. The van der Waals surface area contributed by atoms with Crippen molar-refractivity contribution < 1.29 is 4.74 Å². The van der Waals surface area contributed by atoms with Crippen molar-refractivity contribution in [1.29, 1.82) is 5.26 Å². The van der Waals surface area contributed by atoms with E-state index in [1.807, 2.05) is 24.3 Å². The van der Waals surface area contributed by atoms with Crippen LogP contribution in [0.15, 0.2) is 48.5 Å². The highest BCUT2D eigenvalue weighted by Gasteiger charge is 2.20. The lowest BCUT2D eigenvalue weighted by atomic mass is 9.83. The molecule has 1 atom stereocenters. The zero-order valence-electron chi connectivity index (χ0n) is 12.1. The summed E-state index contributed by atoms with van der Waals surface area (Å²) in [7, 11) is 0. The van der Waals surface area contributed by atoms with Crippen molar-refractivity contribution in [3.63, 3.8) is 0 Å². The standard InChI is InChI=1S/C19H19NO/c20-13-12-15-8-10-18(11-9-15)21-14-17-6-3-5-16-4-1-2-7-19(16)17/h1-2,4,7-11,17H,3,5-6,12,14H2. The lowest BCUT2D eigenvalue weighted by Crippen LogP contribution is -2.16. The fourth-order valence-electron chi connectivity index (χ4n) is 3.02. The molecule has 0 radical (unpaired) electrons. The van der Waals surface area contributed by atoms with Gasteiger partial charge < -0.3 is 4.74 Å². The summed E-state index contributed by atoms with van der Waals surface area (Å²) in [5, 5.41) is 8.67. The van der Waals surface area contributed by atoms with Crippen molar-refractivity contribution >= 4 is 0 Å². The molecular formula is C19H19NO. The highest BCUT2D eigenvalue weighted by atomic mass is 16.5. The summed E-state index contributed by atoms with van der Waals surface area (Å²) in [5.41, 5.74) is 3.96. The monoisotopic (exact) mass is 277 g/mol. The van der Waals surface area contributed by atoms with Crippen LogP contribution in [0.5, 0.6) is 5.75 Å². The van der Waals surface area contributed by atoms with Crippen molar-refractivity contribution in [2.45, 2.75) is 31.6 Å². The first-order valence-electron chi connectivity index (χ1n) is 7.53. The Labute approximate surface area is 126 Å². The van der Waals surface area contributed by atoms with Crippen LogP contribution in [0.1, 0.15) is 35.4 Å². The van der Waals surface area contributed by atoms with Gasteiger partial charge in [0, 0.05) is 5.92 Å². The molecule has 2 aromatic rings. The predicted octanol–water partition coefficient (Wildman–Crippen LogP) is 4.25. The third-order valence-corrected chi connectivity index (χ3v) is 4.15. The highest BCUT2D eigenvalue weighted by Crippen LogP contribution is 2.31. The number of nitrogens with zero attached hydrogens (tertiary/aromatic N) is 1. The molecule has 2 heteroatoms. The van der Waals surface area contributed by atoms with Crippen LogP contribution in [0.25, 0.3) is 0 Å². The van der Waals surface area contributed by atoms with E-state index in [4.69, 9.17) is 10.00 Å². The molecule has 2 aromatic carbocycles. The molecule has 21 heavy (non-hydrogen) atoms. The van der Waals surface area contributed by atoms with Gasteiger partial charge in [-0.05, 0) is 48.1 Å². The topological polar surface area (TPSA) is 33.0 Å². The minimum Gasteiger partial charge on any atom is -0.493 e. The Hall–Kier alpha value is -2.27. The number of rotatable bonds is 4. The van der Waals surface area contributed by atoms with Gasteiger partial charge in [-0.2, -0.15) is 5.26 Å². The molecule has 0 aromatic heterocycles. The van der Waals surface area contributed by atoms with E-state index in [9.17, 15) is 0 Å². The largest absolute Gasteiger partial charge is 0.493 e. The molecule has 0 N–H and O–H groups in total. The van der Waals surface area contributed by atoms with Gasteiger partial charge in [0.25, 0.3) is 0 Å².